The Bertz CT molecular complexity index is 293. The molecule has 0 fully saturated rings. The summed E-state index contributed by atoms with van der Waals surface area (Å²) in [6, 6.07) is 8.49. The number of nitrogens with one attached hydrogen (secondary N) is 1. The predicted octanol–water partition coefficient (Wildman–Crippen LogP) is 2.67. The van der Waals surface area contributed by atoms with Crippen LogP contribution in [0.1, 0.15) is 37.8 Å². The molecule has 1 rings (SSSR count). The molecule has 0 aromatic heterocycles. The zero-order chi connectivity index (χ0) is 11.8. The highest BCUT2D eigenvalue weighted by molar-refractivity contribution is 5.23. The normalized spacial score (nSPS) is 11.0. The first kappa shape index (κ1) is 13.2. The largest absolute Gasteiger partial charge is 0.326 e. The zero-order valence-electron chi connectivity index (χ0n) is 10.5. The van der Waals surface area contributed by atoms with E-state index in [1.54, 1.807) is 0 Å². The molecule has 2 heteroatoms. The highest BCUT2D eigenvalue weighted by atomic mass is 14.9. The van der Waals surface area contributed by atoms with Crippen LogP contribution in [0.2, 0.25) is 0 Å². The van der Waals surface area contributed by atoms with Crippen molar-refractivity contribution in [1.29, 1.82) is 0 Å². The summed E-state index contributed by atoms with van der Waals surface area (Å²) in [4.78, 5) is 0. The van der Waals surface area contributed by atoms with E-state index < -0.39 is 0 Å². The van der Waals surface area contributed by atoms with Crippen molar-refractivity contribution >= 4 is 0 Å². The summed E-state index contributed by atoms with van der Waals surface area (Å²) in [6.45, 7) is 7.19. The van der Waals surface area contributed by atoms with Crippen LogP contribution < -0.4 is 11.1 Å². The topological polar surface area (TPSA) is 38.0 Å². The average Bonchev–Trinajstić information content (AvgIpc) is 2.35. The molecular formula is C14H24N2. The molecule has 0 radical (unpaired) electrons. The molecule has 0 atom stereocenters. The molecule has 0 saturated carbocycles. The van der Waals surface area contributed by atoms with Gasteiger partial charge in [0.1, 0.15) is 0 Å². The van der Waals surface area contributed by atoms with Crippen LogP contribution in [0.15, 0.2) is 24.3 Å². The van der Waals surface area contributed by atoms with Gasteiger partial charge in [0.2, 0.25) is 0 Å². The highest BCUT2D eigenvalue weighted by Gasteiger charge is 2.02. The van der Waals surface area contributed by atoms with Gasteiger partial charge in [-0.05, 0) is 23.6 Å². The molecule has 0 aliphatic carbocycles. The zero-order valence-corrected chi connectivity index (χ0v) is 10.5. The standard InChI is InChI=1S/C14H24N2/c1-3-12(4-2)10-16-11-14-7-5-6-13(8-14)9-15/h5-8,12,16H,3-4,9-11,15H2,1-2H3. The van der Waals surface area contributed by atoms with Crippen LogP contribution in [0.5, 0.6) is 0 Å². The van der Waals surface area contributed by atoms with Crippen molar-refractivity contribution in [2.45, 2.75) is 39.8 Å². The maximum atomic E-state index is 5.62. The van der Waals surface area contributed by atoms with Gasteiger partial charge in [0.05, 0.1) is 0 Å². The molecule has 0 heterocycles. The average molecular weight is 220 g/mol. The van der Waals surface area contributed by atoms with Gasteiger partial charge in [-0.2, -0.15) is 0 Å². The van der Waals surface area contributed by atoms with Crippen LogP contribution in [-0.2, 0) is 13.1 Å². The third kappa shape index (κ3) is 4.33. The Morgan fingerprint density at radius 2 is 1.88 bits per heavy atom. The smallest absolute Gasteiger partial charge is 0.0205 e. The predicted molar refractivity (Wildman–Crippen MR) is 70.1 cm³/mol. The molecule has 0 amide bonds. The summed E-state index contributed by atoms with van der Waals surface area (Å²) in [5, 5.41) is 3.51. The van der Waals surface area contributed by atoms with Crippen LogP contribution in [0, 0.1) is 5.92 Å². The Hall–Kier alpha value is -0.860. The van der Waals surface area contributed by atoms with E-state index in [2.05, 4.69) is 43.4 Å². The Balaban J connectivity index is 2.36. The second-order valence-electron chi connectivity index (χ2n) is 4.34. The van der Waals surface area contributed by atoms with Gasteiger partial charge in [0.15, 0.2) is 0 Å². The minimum atomic E-state index is 0.625. The molecule has 0 spiro atoms. The number of hydrogen-bond acceptors (Lipinski definition) is 2. The summed E-state index contributed by atoms with van der Waals surface area (Å²) in [5.74, 6) is 0.803. The van der Waals surface area contributed by atoms with Crippen LogP contribution in [0.25, 0.3) is 0 Å². The van der Waals surface area contributed by atoms with Crippen LogP contribution in [-0.4, -0.2) is 6.54 Å². The molecular weight excluding hydrogens is 196 g/mol. The molecule has 0 aliphatic heterocycles. The van der Waals surface area contributed by atoms with Gasteiger partial charge in [0.25, 0.3) is 0 Å². The minimum absolute atomic E-state index is 0.625. The van der Waals surface area contributed by atoms with Crippen molar-refractivity contribution < 1.29 is 0 Å². The van der Waals surface area contributed by atoms with E-state index >= 15 is 0 Å². The van der Waals surface area contributed by atoms with Crippen LogP contribution >= 0.6 is 0 Å². The Morgan fingerprint density at radius 1 is 1.19 bits per heavy atom. The number of benzene rings is 1. The van der Waals surface area contributed by atoms with Gasteiger partial charge in [-0.15, -0.1) is 0 Å². The highest BCUT2D eigenvalue weighted by Crippen LogP contribution is 2.07. The third-order valence-electron chi connectivity index (χ3n) is 3.14. The Kier molecular flexibility index (Phi) is 6.12. The van der Waals surface area contributed by atoms with E-state index in [-0.39, 0.29) is 0 Å². The van der Waals surface area contributed by atoms with Crippen molar-refractivity contribution in [3.05, 3.63) is 35.4 Å². The Morgan fingerprint density at radius 3 is 2.50 bits per heavy atom. The molecule has 2 nitrogen and oxygen atoms in total. The first-order valence-corrected chi connectivity index (χ1v) is 6.28. The monoisotopic (exact) mass is 220 g/mol. The lowest BCUT2D eigenvalue weighted by Gasteiger charge is -2.13. The fraction of sp³-hybridized carbons (Fsp3) is 0.571. The number of rotatable bonds is 7. The van der Waals surface area contributed by atoms with Crippen LogP contribution in [0.3, 0.4) is 0 Å². The first-order valence-electron chi connectivity index (χ1n) is 6.28. The summed E-state index contributed by atoms with van der Waals surface area (Å²) in [7, 11) is 0. The molecule has 90 valence electrons. The fourth-order valence-corrected chi connectivity index (χ4v) is 1.86. The van der Waals surface area contributed by atoms with E-state index in [0.717, 1.165) is 19.0 Å². The lowest BCUT2D eigenvalue weighted by molar-refractivity contribution is 0.449. The molecule has 0 saturated heterocycles. The quantitative estimate of drug-likeness (QED) is 0.741. The van der Waals surface area contributed by atoms with E-state index in [0.29, 0.717) is 6.54 Å². The molecule has 0 bridgehead atoms. The summed E-state index contributed by atoms with van der Waals surface area (Å²) < 4.78 is 0. The number of nitrogens with two attached hydrogens (primary N) is 1. The fourth-order valence-electron chi connectivity index (χ4n) is 1.86. The van der Waals surface area contributed by atoms with Crippen molar-refractivity contribution in [3.63, 3.8) is 0 Å². The van der Waals surface area contributed by atoms with Crippen molar-refractivity contribution in [1.82, 2.24) is 5.32 Å². The van der Waals surface area contributed by atoms with Crippen LogP contribution in [0.4, 0.5) is 0 Å². The maximum Gasteiger partial charge on any atom is 0.0205 e. The maximum absolute atomic E-state index is 5.62. The third-order valence-corrected chi connectivity index (χ3v) is 3.14. The van der Waals surface area contributed by atoms with Crippen molar-refractivity contribution in [2.24, 2.45) is 11.7 Å². The van der Waals surface area contributed by atoms with Gasteiger partial charge in [0, 0.05) is 13.1 Å². The lowest BCUT2D eigenvalue weighted by Crippen LogP contribution is -2.21. The van der Waals surface area contributed by atoms with Gasteiger partial charge in [-0.1, -0.05) is 51.0 Å². The van der Waals surface area contributed by atoms with E-state index in [1.165, 1.54) is 24.0 Å². The van der Waals surface area contributed by atoms with E-state index in [4.69, 9.17) is 5.73 Å². The van der Waals surface area contributed by atoms with E-state index in [9.17, 15) is 0 Å². The first-order chi connectivity index (χ1) is 7.80. The van der Waals surface area contributed by atoms with Gasteiger partial charge < -0.3 is 11.1 Å². The summed E-state index contributed by atoms with van der Waals surface area (Å²) >= 11 is 0. The molecule has 16 heavy (non-hydrogen) atoms. The second-order valence-corrected chi connectivity index (χ2v) is 4.34. The van der Waals surface area contributed by atoms with Crippen molar-refractivity contribution in [3.8, 4) is 0 Å². The van der Waals surface area contributed by atoms with Gasteiger partial charge >= 0.3 is 0 Å². The molecule has 1 aromatic rings. The molecule has 0 aliphatic rings. The molecule has 1 aromatic carbocycles. The molecule has 0 unspecified atom stereocenters. The minimum Gasteiger partial charge on any atom is -0.326 e. The van der Waals surface area contributed by atoms with Crippen molar-refractivity contribution in [2.75, 3.05) is 6.54 Å². The molecule has 3 N–H and O–H groups in total. The number of hydrogen-bond donors (Lipinski definition) is 2. The summed E-state index contributed by atoms with van der Waals surface area (Å²) in [6.07, 6.45) is 2.51. The SMILES string of the molecule is CCC(CC)CNCc1cccc(CN)c1. The van der Waals surface area contributed by atoms with Gasteiger partial charge in [-0.3, -0.25) is 0 Å². The second kappa shape index (κ2) is 7.42. The Labute approximate surface area is 99.2 Å². The van der Waals surface area contributed by atoms with E-state index in [1.807, 2.05) is 0 Å². The van der Waals surface area contributed by atoms with Gasteiger partial charge in [-0.25, -0.2) is 0 Å². The lowest BCUT2D eigenvalue weighted by atomic mass is 10.0. The summed E-state index contributed by atoms with van der Waals surface area (Å²) in [5.41, 5.74) is 8.16.